The number of nitrogens with zero attached hydrogens (tertiary/aromatic N) is 2. The Kier molecular flexibility index (Phi) is 6.59. The zero-order chi connectivity index (χ0) is 21.0. The van der Waals surface area contributed by atoms with E-state index in [1.54, 1.807) is 27.5 Å². The third-order valence-corrected chi connectivity index (χ3v) is 5.47. The summed E-state index contributed by atoms with van der Waals surface area (Å²) in [5.74, 6) is 0.757. The SMILES string of the molecule is COc1cc(C(c2ncccc2C)N2CCCCC2C(=O)O)cc(OC)c1OC. The second-order valence-corrected chi connectivity index (χ2v) is 7.15. The number of hydrogen-bond donors (Lipinski definition) is 1. The van der Waals surface area contributed by atoms with Gasteiger partial charge >= 0.3 is 5.97 Å². The van der Waals surface area contributed by atoms with Crippen LogP contribution in [0.2, 0.25) is 0 Å². The maximum atomic E-state index is 12.0. The van der Waals surface area contributed by atoms with E-state index >= 15 is 0 Å². The van der Waals surface area contributed by atoms with Crippen LogP contribution in [-0.4, -0.2) is 54.9 Å². The maximum absolute atomic E-state index is 12.0. The number of piperidine rings is 1. The first-order valence-electron chi connectivity index (χ1n) is 9.71. The summed E-state index contributed by atoms with van der Waals surface area (Å²) in [7, 11) is 4.71. The fourth-order valence-electron chi connectivity index (χ4n) is 4.08. The molecule has 0 saturated carbocycles. The summed E-state index contributed by atoms with van der Waals surface area (Å²) in [6, 6.07) is 6.73. The third kappa shape index (κ3) is 4.15. The molecule has 2 aromatic rings. The molecule has 1 N–H and O–H groups in total. The molecule has 1 saturated heterocycles. The van der Waals surface area contributed by atoms with Crippen molar-refractivity contribution in [1.29, 1.82) is 0 Å². The Morgan fingerprint density at radius 1 is 1.17 bits per heavy atom. The molecular weight excluding hydrogens is 372 g/mol. The highest BCUT2D eigenvalue weighted by Gasteiger charge is 2.37. The summed E-state index contributed by atoms with van der Waals surface area (Å²) in [4.78, 5) is 18.7. The molecule has 0 aliphatic carbocycles. The van der Waals surface area contributed by atoms with E-state index in [9.17, 15) is 9.90 Å². The highest BCUT2D eigenvalue weighted by molar-refractivity contribution is 5.74. The minimum atomic E-state index is -0.810. The minimum absolute atomic E-state index is 0.341. The molecule has 0 radical (unpaired) electrons. The number of carbonyl (C=O) groups is 1. The maximum Gasteiger partial charge on any atom is 0.320 e. The zero-order valence-corrected chi connectivity index (χ0v) is 17.3. The number of pyridine rings is 1. The molecule has 1 fully saturated rings. The monoisotopic (exact) mass is 400 g/mol. The topological polar surface area (TPSA) is 81.1 Å². The molecule has 1 aliphatic rings. The number of rotatable bonds is 7. The van der Waals surface area contributed by atoms with Crippen LogP contribution in [-0.2, 0) is 4.79 Å². The quantitative estimate of drug-likeness (QED) is 0.762. The lowest BCUT2D eigenvalue weighted by Crippen LogP contribution is -2.47. The van der Waals surface area contributed by atoms with Crippen LogP contribution in [0.3, 0.4) is 0 Å². The molecule has 1 aromatic carbocycles. The molecule has 156 valence electrons. The predicted molar refractivity (Wildman–Crippen MR) is 109 cm³/mol. The summed E-state index contributed by atoms with van der Waals surface area (Å²) in [6.07, 6.45) is 4.20. The van der Waals surface area contributed by atoms with Crippen molar-refractivity contribution in [2.45, 2.75) is 38.3 Å². The Hall–Kier alpha value is -2.80. The standard InChI is InChI=1S/C22H28N2O5/c1-14-8-7-10-23-19(14)20(24-11-6-5-9-16(24)22(25)26)15-12-17(27-2)21(29-4)18(13-15)28-3/h7-8,10,12-13,16,20H,5-6,9,11H2,1-4H3,(H,25,26). The van der Waals surface area contributed by atoms with Crippen LogP contribution in [0.25, 0.3) is 0 Å². The summed E-state index contributed by atoms with van der Waals surface area (Å²) in [6.45, 7) is 2.67. The fraction of sp³-hybridized carbons (Fsp3) is 0.455. The van der Waals surface area contributed by atoms with Crippen LogP contribution in [0.1, 0.15) is 42.1 Å². The van der Waals surface area contributed by atoms with Crippen LogP contribution in [0.5, 0.6) is 17.2 Å². The van der Waals surface area contributed by atoms with Gasteiger partial charge < -0.3 is 19.3 Å². The van der Waals surface area contributed by atoms with Gasteiger partial charge in [-0.3, -0.25) is 14.7 Å². The Bertz CT molecular complexity index is 845. The molecule has 0 amide bonds. The van der Waals surface area contributed by atoms with Gasteiger partial charge in [0.05, 0.1) is 33.1 Å². The number of aromatic nitrogens is 1. The molecule has 2 unspecified atom stereocenters. The number of benzene rings is 1. The van der Waals surface area contributed by atoms with Crippen molar-refractivity contribution < 1.29 is 24.1 Å². The number of likely N-dealkylation sites (tertiary alicyclic amines) is 1. The number of ether oxygens (including phenoxy) is 3. The van der Waals surface area contributed by atoms with Gasteiger partial charge in [0.1, 0.15) is 6.04 Å². The number of carboxylic acid groups (broad SMARTS) is 1. The first kappa shape index (κ1) is 20.9. The fourth-order valence-corrected chi connectivity index (χ4v) is 4.08. The van der Waals surface area contributed by atoms with Crippen molar-refractivity contribution in [2.75, 3.05) is 27.9 Å². The Balaban J connectivity index is 2.21. The minimum Gasteiger partial charge on any atom is -0.493 e. The van der Waals surface area contributed by atoms with Crippen LogP contribution >= 0.6 is 0 Å². The molecule has 1 aliphatic heterocycles. The normalized spacial score (nSPS) is 18.1. The van der Waals surface area contributed by atoms with Crippen molar-refractivity contribution >= 4 is 5.97 Å². The van der Waals surface area contributed by atoms with Gasteiger partial charge in [0.25, 0.3) is 0 Å². The predicted octanol–water partition coefficient (Wildman–Crippen LogP) is 3.44. The van der Waals surface area contributed by atoms with Gasteiger partial charge in [-0.05, 0) is 55.6 Å². The Labute approximate surface area is 171 Å². The van der Waals surface area contributed by atoms with E-state index in [2.05, 4.69) is 4.98 Å². The van der Waals surface area contributed by atoms with Gasteiger partial charge in [-0.2, -0.15) is 0 Å². The Morgan fingerprint density at radius 2 is 1.86 bits per heavy atom. The van der Waals surface area contributed by atoms with E-state index in [4.69, 9.17) is 14.2 Å². The van der Waals surface area contributed by atoms with Crippen molar-refractivity contribution in [3.8, 4) is 17.2 Å². The third-order valence-electron chi connectivity index (χ3n) is 5.47. The highest BCUT2D eigenvalue weighted by atomic mass is 16.5. The van der Waals surface area contributed by atoms with Crippen molar-refractivity contribution in [3.63, 3.8) is 0 Å². The average Bonchev–Trinajstić information content (AvgIpc) is 2.74. The van der Waals surface area contributed by atoms with Crippen molar-refractivity contribution in [2.24, 2.45) is 0 Å². The van der Waals surface area contributed by atoms with E-state index in [0.717, 1.165) is 29.7 Å². The summed E-state index contributed by atoms with van der Waals surface area (Å²) >= 11 is 0. The van der Waals surface area contributed by atoms with Crippen LogP contribution in [0.4, 0.5) is 0 Å². The second-order valence-electron chi connectivity index (χ2n) is 7.15. The largest absolute Gasteiger partial charge is 0.493 e. The molecule has 7 heteroatoms. The van der Waals surface area contributed by atoms with Crippen molar-refractivity contribution in [3.05, 3.63) is 47.3 Å². The van der Waals surface area contributed by atoms with Gasteiger partial charge in [0, 0.05) is 6.20 Å². The van der Waals surface area contributed by atoms with Gasteiger partial charge in [-0.15, -0.1) is 0 Å². The van der Waals surface area contributed by atoms with E-state index < -0.39 is 12.0 Å². The number of aliphatic carboxylic acids is 1. The molecule has 29 heavy (non-hydrogen) atoms. The average molecular weight is 400 g/mol. The second kappa shape index (κ2) is 9.13. The number of aryl methyl sites for hydroxylation is 1. The molecule has 7 nitrogen and oxygen atoms in total. The lowest BCUT2D eigenvalue weighted by atomic mass is 9.92. The Morgan fingerprint density at radius 3 is 2.41 bits per heavy atom. The summed E-state index contributed by atoms with van der Waals surface area (Å²) < 4.78 is 16.5. The summed E-state index contributed by atoms with van der Waals surface area (Å²) in [5, 5.41) is 9.87. The van der Waals surface area contributed by atoms with E-state index in [-0.39, 0.29) is 6.04 Å². The van der Waals surface area contributed by atoms with E-state index in [1.165, 1.54) is 0 Å². The molecule has 2 atom stereocenters. The lowest BCUT2D eigenvalue weighted by Gasteiger charge is -2.39. The molecular formula is C22H28N2O5. The van der Waals surface area contributed by atoms with Crippen LogP contribution < -0.4 is 14.2 Å². The molecule has 3 rings (SSSR count). The lowest BCUT2D eigenvalue weighted by molar-refractivity contribution is -0.145. The zero-order valence-electron chi connectivity index (χ0n) is 17.3. The van der Waals surface area contributed by atoms with Gasteiger partial charge in [0.2, 0.25) is 5.75 Å². The van der Waals surface area contributed by atoms with Crippen LogP contribution in [0.15, 0.2) is 30.5 Å². The van der Waals surface area contributed by atoms with Gasteiger partial charge in [0.15, 0.2) is 11.5 Å². The molecule has 0 spiro atoms. The first-order valence-corrected chi connectivity index (χ1v) is 9.71. The number of methoxy groups -OCH3 is 3. The molecule has 1 aromatic heterocycles. The van der Waals surface area contributed by atoms with E-state index in [1.807, 2.05) is 36.1 Å². The van der Waals surface area contributed by atoms with Crippen molar-refractivity contribution in [1.82, 2.24) is 9.88 Å². The van der Waals surface area contributed by atoms with Crippen LogP contribution in [0, 0.1) is 6.92 Å². The number of hydrogen-bond acceptors (Lipinski definition) is 6. The molecule has 0 bridgehead atoms. The summed E-state index contributed by atoms with van der Waals surface area (Å²) in [5.41, 5.74) is 2.69. The van der Waals surface area contributed by atoms with E-state index in [0.29, 0.717) is 30.2 Å². The van der Waals surface area contributed by atoms with Gasteiger partial charge in [-0.1, -0.05) is 12.5 Å². The number of carboxylic acids is 1. The smallest absolute Gasteiger partial charge is 0.320 e. The van der Waals surface area contributed by atoms with Gasteiger partial charge in [-0.25, -0.2) is 0 Å². The first-order chi connectivity index (χ1) is 14.0. The molecule has 2 heterocycles. The highest BCUT2D eigenvalue weighted by Crippen LogP contribution is 2.43.